The molecule has 10 nitrogen and oxygen atoms in total. The van der Waals surface area contributed by atoms with Crippen molar-refractivity contribution in [3.8, 4) is 28.7 Å². The second-order valence-corrected chi connectivity index (χ2v) is 8.19. The van der Waals surface area contributed by atoms with Gasteiger partial charge in [-0.05, 0) is 55.8 Å². The molecule has 1 N–H and O–H groups in total. The van der Waals surface area contributed by atoms with Crippen LogP contribution in [0.1, 0.15) is 17.0 Å². The number of barbiturate groups is 1. The van der Waals surface area contributed by atoms with Crippen molar-refractivity contribution in [3.63, 3.8) is 0 Å². The molecule has 4 heterocycles. The average Bonchev–Trinajstić information content (AvgIpc) is 3.54. The molecule has 0 atom stereocenters. The van der Waals surface area contributed by atoms with E-state index in [1.165, 1.54) is 12.1 Å². The molecule has 1 aromatic heterocycles. The molecule has 4 amide bonds. The highest BCUT2D eigenvalue weighted by Crippen LogP contribution is 2.37. The predicted octanol–water partition coefficient (Wildman–Crippen LogP) is 3.22. The van der Waals surface area contributed by atoms with Gasteiger partial charge < -0.3 is 23.5 Å². The van der Waals surface area contributed by atoms with E-state index in [0.717, 1.165) is 22.0 Å². The number of nitrogens with one attached hydrogen (secondary N) is 1. The van der Waals surface area contributed by atoms with Gasteiger partial charge in [0.2, 0.25) is 13.6 Å². The van der Waals surface area contributed by atoms with Crippen LogP contribution < -0.4 is 29.2 Å². The van der Waals surface area contributed by atoms with Crippen molar-refractivity contribution in [2.75, 3.05) is 18.5 Å². The number of hydrogen-bond acceptors (Lipinski definition) is 7. The van der Waals surface area contributed by atoms with Crippen molar-refractivity contribution in [1.82, 2.24) is 9.88 Å². The number of rotatable bonds is 3. The van der Waals surface area contributed by atoms with Gasteiger partial charge in [0.15, 0.2) is 23.0 Å². The van der Waals surface area contributed by atoms with Crippen LogP contribution in [0.4, 0.5) is 10.5 Å². The summed E-state index contributed by atoms with van der Waals surface area (Å²) in [6.45, 7) is 4.04. The first-order chi connectivity index (χ1) is 16.9. The Hall–Kier alpha value is -4.73. The van der Waals surface area contributed by atoms with E-state index in [1.54, 1.807) is 12.1 Å². The Morgan fingerprint density at radius 3 is 2.09 bits per heavy atom. The number of anilines is 1. The fraction of sp³-hybridized carbons (Fsp3) is 0.160. The lowest BCUT2D eigenvalue weighted by Gasteiger charge is -2.26. The van der Waals surface area contributed by atoms with Crippen LogP contribution in [0.15, 0.2) is 48.0 Å². The molecule has 3 aliphatic heterocycles. The molecule has 6 rings (SSSR count). The number of hydrogen-bond donors (Lipinski definition) is 1. The number of imide groups is 2. The molecule has 1 fully saturated rings. The topological polar surface area (TPSA) is 108 Å². The predicted molar refractivity (Wildman–Crippen MR) is 123 cm³/mol. The minimum Gasteiger partial charge on any atom is -0.454 e. The molecular formula is C25H19N3O7. The Labute approximate surface area is 199 Å². The number of amides is 4. The molecule has 35 heavy (non-hydrogen) atoms. The maximum Gasteiger partial charge on any atom is 0.335 e. The van der Waals surface area contributed by atoms with Crippen LogP contribution in [-0.2, 0) is 9.59 Å². The first-order valence-electron chi connectivity index (χ1n) is 10.8. The zero-order valence-electron chi connectivity index (χ0n) is 18.8. The van der Waals surface area contributed by atoms with Gasteiger partial charge in [0.05, 0.1) is 5.69 Å². The maximum absolute atomic E-state index is 13.3. The minimum atomic E-state index is -0.832. The Morgan fingerprint density at radius 2 is 1.40 bits per heavy atom. The zero-order chi connectivity index (χ0) is 24.3. The monoisotopic (exact) mass is 473 g/mol. The van der Waals surface area contributed by atoms with E-state index in [-0.39, 0.29) is 24.8 Å². The van der Waals surface area contributed by atoms with Gasteiger partial charge in [0.25, 0.3) is 11.8 Å². The van der Waals surface area contributed by atoms with Crippen LogP contribution >= 0.6 is 0 Å². The Balaban J connectivity index is 1.37. The molecule has 0 saturated carbocycles. The quantitative estimate of drug-likeness (QED) is 0.460. The van der Waals surface area contributed by atoms with Crippen molar-refractivity contribution in [2.24, 2.45) is 0 Å². The van der Waals surface area contributed by atoms with Gasteiger partial charge >= 0.3 is 6.03 Å². The first-order valence-corrected chi connectivity index (χ1v) is 10.8. The van der Waals surface area contributed by atoms with Gasteiger partial charge in [-0.25, -0.2) is 9.69 Å². The number of carbonyl (C=O) groups is 3. The smallest absolute Gasteiger partial charge is 0.335 e. The Morgan fingerprint density at radius 1 is 0.800 bits per heavy atom. The maximum atomic E-state index is 13.3. The number of ether oxygens (including phenoxy) is 4. The minimum absolute atomic E-state index is 0.0571. The summed E-state index contributed by atoms with van der Waals surface area (Å²) in [5.41, 5.74) is 3.32. The molecule has 0 radical (unpaired) electrons. The normalized spacial score (nSPS) is 17.4. The fourth-order valence-corrected chi connectivity index (χ4v) is 4.43. The van der Waals surface area contributed by atoms with Gasteiger partial charge in [-0.3, -0.25) is 14.9 Å². The number of nitrogens with zero attached hydrogens (tertiary/aromatic N) is 2. The van der Waals surface area contributed by atoms with Crippen LogP contribution in [0.3, 0.4) is 0 Å². The molecule has 1 saturated heterocycles. The van der Waals surface area contributed by atoms with Crippen molar-refractivity contribution in [3.05, 3.63) is 65.0 Å². The summed E-state index contributed by atoms with van der Waals surface area (Å²) in [5, 5.41) is 2.25. The third kappa shape index (κ3) is 3.30. The molecule has 10 heteroatoms. The molecule has 176 valence electrons. The number of aryl methyl sites for hydroxylation is 1. The number of carbonyl (C=O) groups excluding carboxylic acids is 3. The highest BCUT2D eigenvalue weighted by Gasteiger charge is 2.37. The number of benzene rings is 2. The molecule has 3 aliphatic rings. The fourth-order valence-electron chi connectivity index (χ4n) is 4.43. The Bertz CT molecular complexity index is 1470. The van der Waals surface area contributed by atoms with Gasteiger partial charge in [-0.2, -0.15) is 0 Å². The highest BCUT2D eigenvalue weighted by atomic mass is 16.7. The largest absolute Gasteiger partial charge is 0.454 e. The van der Waals surface area contributed by atoms with E-state index in [2.05, 4.69) is 5.32 Å². The van der Waals surface area contributed by atoms with E-state index in [0.29, 0.717) is 28.6 Å². The number of aromatic nitrogens is 1. The van der Waals surface area contributed by atoms with E-state index >= 15 is 0 Å². The second kappa shape index (κ2) is 7.66. The summed E-state index contributed by atoms with van der Waals surface area (Å²) in [4.78, 5) is 39.4. The molecular weight excluding hydrogens is 454 g/mol. The van der Waals surface area contributed by atoms with Crippen LogP contribution in [0, 0.1) is 13.8 Å². The van der Waals surface area contributed by atoms with Crippen LogP contribution in [-0.4, -0.2) is 36.0 Å². The lowest BCUT2D eigenvalue weighted by Crippen LogP contribution is -2.54. The molecule has 0 bridgehead atoms. The van der Waals surface area contributed by atoms with Crippen molar-refractivity contribution in [2.45, 2.75) is 13.8 Å². The Kier molecular flexibility index (Phi) is 4.56. The molecule has 0 aliphatic carbocycles. The van der Waals surface area contributed by atoms with Crippen molar-refractivity contribution >= 4 is 29.6 Å². The molecule has 0 spiro atoms. The number of urea groups is 1. The highest BCUT2D eigenvalue weighted by molar-refractivity contribution is 6.39. The van der Waals surface area contributed by atoms with Gasteiger partial charge in [-0.1, -0.05) is 0 Å². The van der Waals surface area contributed by atoms with Crippen LogP contribution in [0.5, 0.6) is 23.0 Å². The SMILES string of the molecule is Cc1cc(/C=C2\C(=O)NC(=O)N(c3ccc4c(c3)OCO4)C2=O)c(C)n1-c1ccc2c(c1)OCO2. The molecule has 2 aromatic carbocycles. The van der Waals surface area contributed by atoms with E-state index in [9.17, 15) is 14.4 Å². The van der Waals surface area contributed by atoms with Crippen LogP contribution in [0.25, 0.3) is 11.8 Å². The third-order valence-corrected chi connectivity index (χ3v) is 6.10. The standard InChI is InChI=1S/C25H19N3O7/c1-13-7-15(14(2)27(13)16-3-5-19-21(9-16)34-11-32-19)8-18-23(29)26-25(31)28(24(18)30)17-4-6-20-22(10-17)35-12-33-20/h3-10H,11-12H2,1-2H3,(H,26,29,31)/b18-8+. The zero-order valence-corrected chi connectivity index (χ0v) is 18.8. The summed E-state index contributed by atoms with van der Waals surface area (Å²) in [6, 6.07) is 11.3. The van der Waals surface area contributed by atoms with Gasteiger partial charge in [0, 0.05) is 29.2 Å². The summed E-state index contributed by atoms with van der Waals surface area (Å²) in [5.74, 6) is 0.764. The summed E-state index contributed by atoms with van der Waals surface area (Å²) in [6.07, 6.45) is 1.50. The second-order valence-electron chi connectivity index (χ2n) is 8.19. The lowest BCUT2D eigenvalue weighted by atomic mass is 10.1. The van der Waals surface area contributed by atoms with Gasteiger partial charge in [0.1, 0.15) is 5.57 Å². The van der Waals surface area contributed by atoms with Crippen LogP contribution in [0.2, 0.25) is 0 Å². The van der Waals surface area contributed by atoms with E-state index < -0.39 is 17.8 Å². The first kappa shape index (κ1) is 20.8. The summed E-state index contributed by atoms with van der Waals surface area (Å²) < 4.78 is 23.5. The number of fused-ring (bicyclic) bond motifs is 2. The lowest BCUT2D eigenvalue weighted by molar-refractivity contribution is -0.122. The molecule has 0 unspecified atom stereocenters. The van der Waals surface area contributed by atoms with Gasteiger partial charge in [-0.15, -0.1) is 0 Å². The van der Waals surface area contributed by atoms with E-state index in [1.807, 2.05) is 42.7 Å². The van der Waals surface area contributed by atoms with Crippen molar-refractivity contribution in [1.29, 1.82) is 0 Å². The van der Waals surface area contributed by atoms with E-state index in [4.69, 9.17) is 18.9 Å². The molecule has 3 aromatic rings. The van der Waals surface area contributed by atoms with Crippen molar-refractivity contribution < 1.29 is 33.3 Å². The summed E-state index contributed by atoms with van der Waals surface area (Å²) >= 11 is 0. The summed E-state index contributed by atoms with van der Waals surface area (Å²) in [7, 11) is 0. The third-order valence-electron chi connectivity index (χ3n) is 6.10. The average molecular weight is 473 g/mol.